The van der Waals surface area contributed by atoms with Crippen molar-refractivity contribution in [3.05, 3.63) is 23.8 Å². The summed E-state index contributed by atoms with van der Waals surface area (Å²) in [7, 11) is 0. The molecular weight excluding hydrogens is 262 g/mol. The number of benzene rings is 1. The molecule has 0 saturated carbocycles. The first-order valence-corrected chi connectivity index (χ1v) is 6.38. The Balaban J connectivity index is 3.25. The second kappa shape index (κ2) is 6.79. The van der Waals surface area contributed by atoms with Gasteiger partial charge in [0.25, 0.3) is 0 Å². The van der Waals surface area contributed by atoms with Crippen molar-refractivity contribution in [3.63, 3.8) is 0 Å². The Kier molecular flexibility index (Phi) is 5.37. The molecule has 0 fully saturated rings. The number of hydrogen-bond acceptors (Lipinski definition) is 4. The van der Waals surface area contributed by atoms with Crippen LogP contribution in [0.25, 0.3) is 0 Å². The highest BCUT2D eigenvalue weighted by atomic mass is 16.5. The molecule has 0 saturated heterocycles. The molecule has 0 aliphatic rings. The highest BCUT2D eigenvalue weighted by molar-refractivity contribution is 5.83. The predicted molar refractivity (Wildman–Crippen MR) is 72.7 cm³/mol. The second-order valence-electron chi connectivity index (χ2n) is 4.21. The molecule has 1 aromatic carbocycles. The molecule has 1 atom stereocenters. The third kappa shape index (κ3) is 3.40. The SMILES string of the molecule is CCOc1cc(C(C(=O)O)N(CC)C(C)=O)ccc1O. The molecule has 6 heteroatoms. The van der Waals surface area contributed by atoms with Crippen LogP contribution in [0.5, 0.6) is 11.5 Å². The van der Waals surface area contributed by atoms with Gasteiger partial charge in [0.05, 0.1) is 6.61 Å². The maximum absolute atomic E-state index is 11.6. The van der Waals surface area contributed by atoms with Crippen LogP contribution in [0.2, 0.25) is 0 Å². The lowest BCUT2D eigenvalue weighted by Gasteiger charge is -2.27. The first kappa shape index (κ1) is 15.8. The summed E-state index contributed by atoms with van der Waals surface area (Å²) in [6, 6.07) is 3.19. The number of nitrogens with zero attached hydrogens (tertiary/aromatic N) is 1. The standard InChI is InChI=1S/C14H19NO5/c1-4-15(9(3)16)13(14(18)19)10-6-7-11(17)12(8-10)20-5-2/h6-8,13,17H,4-5H2,1-3H3,(H,18,19). The summed E-state index contributed by atoms with van der Waals surface area (Å²) in [6.07, 6.45) is 0. The minimum Gasteiger partial charge on any atom is -0.504 e. The zero-order valence-corrected chi connectivity index (χ0v) is 11.8. The number of aliphatic carboxylic acids is 1. The van der Waals surface area contributed by atoms with Gasteiger partial charge in [-0.1, -0.05) is 6.07 Å². The third-order valence-corrected chi connectivity index (χ3v) is 2.89. The summed E-state index contributed by atoms with van der Waals surface area (Å²) in [6.45, 7) is 5.41. The molecule has 6 nitrogen and oxygen atoms in total. The first-order chi connectivity index (χ1) is 9.42. The molecule has 1 aromatic rings. The second-order valence-corrected chi connectivity index (χ2v) is 4.21. The Labute approximate surface area is 117 Å². The van der Waals surface area contributed by atoms with Gasteiger partial charge in [0, 0.05) is 13.5 Å². The van der Waals surface area contributed by atoms with E-state index in [1.807, 2.05) is 0 Å². The van der Waals surface area contributed by atoms with E-state index in [-0.39, 0.29) is 24.0 Å². The number of carbonyl (C=O) groups excluding carboxylic acids is 1. The van der Waals surface area contributed by atoms with Crippen molar-refractivity contribution in [3.8, 4) is 11.5 Å². The number of phenols is 1. The van der Waals surface area contributed by atoms with E-state index in [9.17, 15) is 19.8 Å². The van der Waals surface area contributed by atoms with Crippen LogP contribution in [0.3, 0.4) is 0 Å². The smallest absolute Gasteiger partial charge is 0.331 e. The van der Waals surface area contributed by atoms with E-state index in [2.05, 4.69) is 0 Å². The van der Waals surface area contributed by atoms with Gasteiger partial charge in [-0.15, -0.1) is 0 Å². The largest absolute Gasteiger partial charge is 0.504 e. The average Bonchev–Trinajstić information content (AvgIpc) is 2.38. The third-order valence-electron chi connectivity index (χ3n) is 2.89. The minimum absolute atomic E-state index is 0.0642. The highest BCUT2D eigenvalue weighted by Crippen LogP contribution is 2.31. The zero-order valence-electron chi connectivity index (χ0n) is 11.8. The molecule has 0 spiro atoms. The lowest BCUT2D eigenvalue weighted by Crippen LogP contribution is -2.37. The van der Waals surface area contributed by atoms with Crippen molar-refractivity contribution in [2.75, 3.05) is 13.2 Å². The monoisotopic (exact) mass is 281 g/mol. The fourth-order valence-corrected chi connectivity index (χ4v) is 2.01. The van der Waals surface area contributed by atoms with Crippen LogP contribution in [-0.2, 0) is 9.59 Å². The van der Waals surface area contributed by atoms with E-state index >= 15 is 0 Å². The molecule has 1 unspecified atom stereocenters. The van der Waals surface area contributed by atoms with Crippen molar-refractivity contribution in [2.45, 2.75) is 26.8 Å². The fraction of sp³-hybridized carbons (Fsp3) is 0.429. The molecule has 20 heavy (non-hydrogen) atoms. The van der Waals surface area contributed by atoms with E-state index < -0.39 is 12.0 Å². The van der Waals surface area contributed by atoms with Crippen LogP contribution in [0, 0.1) is 0 Å². The Hall–Kier alpha value is -2.24. The lowest BCUT2D eigenvalue weighted by molar-refractivity contribution is -0.149. The number of hydrogen-bond donors (Lipinski definition) is 2. The van der Waals surface area contributed by atoms with Crippen molar-refractivity contribution < 1.29 is 24.5 Å². The van der Waals surface area contributed by atoms with Crippen molar-refractivity contribution >= 4 is 11.9 Å². The molecule has 2 N–H and O–H groups in total. The summed E-state index contributed by atoms with van der Waals surface area (Å²) in [5, 5.41) is 19.0. The maximum atomic E-state index is 11.6. The number of carboxylic acid groups (broad SMARTS) is 1. The predicted octanol–water partition coefficient (Wildman–Crippen LogP) is 1.78. The quantitative estimate of drug-likeness (QED) is 0.830. The van der Waals surface area contributed by atoms with Crippen molar-refractivity contribution in [1.82, 2.24) is 4.90 Å². The van der Waals surface area contributed by atoms with Crippen LogP contribution < -0.4 is 4.74 Å². The normalized spacial score (nSPS) is 11.8. The van der Waals surface area contributed by atoms with Gasteiger partial charge in [-0.25, -0.2) is 4.79 Å². The van der Waals surface area contributed by atoms with Crippen LogP contribution in [0.15, 0.2) is 18.2 Å². The number of phenolic OH excluding ortho intramolecular Hbond substituents is 1. The van der Waals surface area contributed by atoms with E-state index in [4.69, 9.17) is 4.74 Å². The zero-order chi connectivity index (χ0) is 15.3. The molecule has 110 valence electrons. The number of ether oxygens (including phenoxy) is 1. The molecule has 0 aromatic heterocycles. The molecule has 0 radical (unpaired) electrons. The van der Waals surface area contributed by atoms with Gasteiger partial charge in [0.15, 0.2) is 17.5 Å². The fourth-order valence-electron chi connectivity index (χ4n) is 2.01. The van der Waals surface area contributed by atoms with Gasteiger partial charge in [-0.2, -0.15) is 0 Å². The number of likely N-dealkylation sites (N-methyl/N-ethyl adjacent to an activating group) is 1. The van der Waals surface area contributed by atoms with Gasteiger partial charge in [0.1, 0.15) is 0 Å². The Bertz CT molecular complexity index is 500. The van der Waals surface area contributed by atoms with E-state index in [0.717, 1.165) is 0 Å². The first-order valence-electron chi connectivity index (χ1n) is 6.38. The summed E-state index contributed by atoms with van der Waals surface area (Å²) in [4.78, 5) is 24.3. The molecule has 0 aliphatic carbocycles. The number of aromatic hydroxyl groups is 1. The van der Waals surface area contributed by atoms with Gasteiger partial charge in [-0.05, 0) is 31.5 Å². The Morgan fingerprint density at radius 2 is 2.00 bits per heavy atom. The number of carboxylic acids is 1. The van der Waals surface area contributed by atoms with Crippen molar-refractivity contribution in [2.24, 2.45) is 0 Å². The van der Waals surface area contributed by atoms with Crippen LogP contribution in [0.4, 0.5) is 0 Å². The molecule has 1 amide bonds. The minimum atomic E-state index is -1.13. The van der Waals surface area contributed by atoms with E-state index in [0.29, 0.717) is 12.2 Å². The molecule has 0 heterocycles. The van der Waals surface area contributed by atoms with Crippen LogP contribution in [-0.4, -0.2) is 40.1 Å². The summed E-state index contributed by atoms with van der Waals surface area (Å²) in [5.41, 5.74) is 0.385. The summed E-state index contributed by atoms with van der Waals surface area (Å²) >= 11 is 0. The molecule has 0 bridgehead atoms. The molecule has 1 rings (SSSR count). The van der Waals surface area contributed by atoms with E-state index in [1.54, 1.807) is 13.8 Å². The van der Waals surface area contributed by atoms with Gasteiger partial charge >= 0.3 is 5.97 Å². The highest BCUT2D eigenvalue weighted by Gasteiger charge is 2.29. The van der Waals surface area contributed by atoms with Crippen LogP contribution >= 0.6 is 0 Å². The van der Waals surface area contributed by atoms with Crippen LogP contribution in [0.1, 0.15) is 32.4 Å². The summed E-state index contributed by atoms with van der Waals surface area (Å²) in [5.74, 6) is -1.32. The number of carbonyl (C=O) groups is 2. The summed E-state index contributed by atoms with van der Waals surface area (Å²) < 4.78 is 5.23. The lowest BCUT2D eigenvalue weighted by atomic mass is 10.0. The topological polar surface area (TPSA) is 87.1 Å². The average molecular weight is 281 g/mol. The van der Waals surface area contributed by atoms with Crippen molar-refractivity contribution in [1.29, 1.82) is 0 Å². The Morgan fingerprint density at radius 1 is 1.35 bits per heavy atom. The van der Waals surface area contributed by atoms with E-state index in [1.165, 1.54) is 30.0 Å². The maximum Gasteiger partial charge on any atom is 0.331 e. The van der Waals surface area contributed by atoms with Gasteiger partial charge < -0.3 is 19.8 Å². The number of amides is 1. The molecular formula is C14H19NO5. The van der Waals surface area contributed by atoms with Gasteiger partial charge in [-0.3, -0.25) is 4.79 Å². The van der Waals surface area contributed by atoms with Gasteiger partial charge in [0.2, 0.25) is 5.91 Å². The molecule has 0 aliphatic heterocycles. The number of rotatable bonds is 6. The Morgan fingerprint density at radius 3 is 2.45 bits per heavy atom.